The van der Waals surface area contributed by atoms with Crippen molar-refractivity contribution in [2.45, 2.75) is 13.5 Å². The zero-order valence-electron chi connectivity index (χ0n) is 15.2. The molecule has 0 unspecified atom stereocenters. The summed E-state index contributed by atoms with van der Waals surface area (Å²) in [5.74, 6) is 0.743. The van der Waals surface area contributed by atoms with E-state index in [1.54, 1.807) is 24.5 Å². The molecule has 0 radical (unpaired) electrons. The number of rotatable bonds is 5. The van der Waals surface area contributed by atoms with E-state index < -0.39 is 6.09 Å². The summed E-state index contributed by atoms with van der Waals surface area (Å²) < 4.78 is 0. The first-order chi connectivity index (χ1) is 13.1. The highest BCUT2D eigenvalue weighted by molar-refractivity contribution is 7.16. The molecule has 1 amide bonds. The first kappa shape index (κ1) is 19.0. The first-order valence-corrected chi connectivity index (χ1v) is 9.35. The van der Waals surface area contributed by atoms with Gasteiger partial charge in [-0.2, -0.15) is 5.26 Å². The topological polar surface area (TPSA) is 106 Å². The Morgan fingerprint density at radius 3 is 2.81 bits per heavy atom. The minimum absolute atomic E-state index is 0.439. The number of anilines is 2. The second-order valence-electron chi connectivity index (χ2n) is 6.04. The molecule has 9 nitrogen and oxygen atoms in total. The number of carbonyl (C=O) groups excluding carboxylic acids is 1. The van der Waals surface area contributed by atoms with Crippen LogP contribution in [0.4, 0.5) is 15.7 Å². The van der Waals surface area contributed by atoms with E-state index >= 15 is 0 Å². The van der Waals surface area contributed by atoms with E-state index in [0.717, 1.165) is 31.0 Å². The summed E-state index contributed by atoms with van der Waals surface area (Å²) in [4.78, 5) is 27.9. The average molecular weight is 387 g/mol. The van der Waals surface area contributed by atoms with Gasteiger partial charge in [0.1, 0.15) is 16.8 Å². The predicted octanol–water partition coefficient (Wildman–Crippen LogP) is 1.85. The lowest BCUT2D eigenvalue weighted by Crippen LogP contribution is -2.47. The summed E-state index contributed by atoms with van der Waals surface area (Å²) in [6.07, 6.45) is 2.88. The van der Waals surface area contributed by atoms with Crippen molar-refractivity contribution in [2.24, 2.45) is 0 Å². The number of nitriles is 1. The van der Waals surface area contributed by atoms with Gasteiger partial charge in [-0.1, -0.05) is 11.3 Å². The molecule has 2 N–H and O–H groups in total. The van der Waals surface area contributed by atoms with Crippen molar-refractivity contribution in [1.29, 1.82) is 5.26 Å². The molecule has 0 spiro atoms. The standard InChI is InChI=1S/C17H21N7O2S/c1-12-13(11-23-5-7-24(8-6-23)26-17(25)19-2)3-4-20-15(12)22-16-21-10-14(9-18)27-16/h3-4,10H,5-8,11H2,1-2H3,(H,19,25)(H,20,21,22). The van der Waals surface area contributed by atoms with E-state index in [1.165, 1.54) is 16.9 Å². The van der Waals surface area contributed by atoms with Crippen LogP contribution in [-0.2, 0) is 11.4 Å². The SMILES string of the molecule is CNC(=O)ON1CCN(Cc2ccnc(Nc3ncc(C#N)s3)c2C)CC1. The number of hydrogen-bond donors (Lipinski definition) is 2. The molecule has 1 fully saturated rings. The largest absolute Gasteiger partial charge is 0.426 e. The Kier molecular flexibility index (Phi) is 6.18. The van der Waals surface area contributed by atoms with Crippen LogP contribution in [0, 0.1) is 18.3 Å². The third kappa shape index (κ3) is 4.91. The summed E-state index contributed by atoms with van der Waals surface area (Å²) in [5.41, 5.74) is 2.22. The van der Waals surface area contributed by atoms with Gasteiger partial charge in [0.2, 0.25) is 0 Å². The quantitative estimate of drug-likeness (QED) is 0.801. The van der Waals surface area contributed by atoms with Gasteiger partial charge in [-0.05, 0) is 24.1 Å². The van der Waals surface area contributed by atoms with Crippen LogP contribution in [-0.4, -0.2) is 59.3 Å². The van der Waals surface area contributed by atoms with Crippen molar-refractivity contribution in [2.75, 3.05) is 38.5 Å². The summed E-state index contributed by atoms with van der Waals surface area (Å²) in [5, 5.41) is 16.9. The summed E-state index contributed by atoms with van der Waals surface area (Å²) in [6, 6.07) is 4.09. The van der Waals surface area contributed by atoms with Gasteiger partial charge in [0.15, 0.2) is 5.13 Å². The highest BCUT2D eigenvalue weighted by atomic mass is 32.1. The van der Waals surface area contributed by atoms with Gasteiger partial charge < -0.3 is 15.5 Å². The van der Waals surface area contributed by atoms with Crippen molar-refractivity contribution < 1.29 is 9.63 Å². The Balaban J connectivity index is 1.60. The molecule has 142 valence electrons. The van der Waals surface area contributed by atoms with Crippen LogP contribution in [0.5, 0.6) is 0 Å². The lowest BCUT2D eigenvalue weighted by atomic mass is 10.1. The Morgan fingerprint density at radius 2 is 2.15 bits per heavy atom. The zero-order chi connectivity index (χ0) is 19.2. The monoisotopic (exact) mass is 387 g/mol. The van der Waals surface area contributed by atoms with Crippen LogP contribution in [0.3, 0.4) is 0 Å². The number of piperazine rings is 1. The third-order valence-electron chi connectivity index (χ3n) is 4.30. The van der Waals surface area contributed by atoms with Crippen LogP contribution in [0.1, 0.15) is 16.0 Å². The molecule has 0 saturated carbocycles. The van der Waals surface area contributed by atoms with Crippen LogP contribution in [0.2, 0.25) is 0 Å². The van der Waals surface area contributed by atoms with Crippen molar-refractivity contribution in [3.63, 3.8) is 0 Å². The van der Waals surface area contributed by atoms with Gasteiger partial charge in [0, 0.05) is 46.0 Å². The Hall–Kier alpha value is -2.74. The molecular formula is C17H21N7O2S. The number of carbonyl (C=O) groups is 1. The van der Waals surface area contributed by atoms with E-state index in [9.17, 15) is 4.79 Å². The van der Waals surface area contributed by atoms with E-state index in [1.807, 2.05) is 13.0 Å². The van der Waals surface area contributed by atoms with Gasteiger partial charge in [-0.15, -0.1) is 5.06 Å². The van der Waals surface area contributed by atoms with Crippen LogP contribution in [0.25, 0.3) is 0 Å². The van der Waals surface area contributed by atoms with Gasteiger partial charge in [0.05, 0.1) is 6.20 Å². The molecule has 0 aliphatic carbocycles. The Labute approximate surface area is 161 Å². The van der Waals surface area contributed by atoms with Gasteiger partial charge in [-0.25, -0.2) is 14.8 Å². The number of nitrogens with one attached hydrogen (secondary N) is 2. The lowest BCUT2D eigenvalue weighted by molar-refractivity contribution is -0.123. The highest BCUT2D eigenvalue weighted by Gasteiger charge is 2.20. The number of pyridine rings is 1. The summed E-state index contributed by atoms with van der Waals surface area (Å²) in [7, 11) is 1.54. The third-order valence-corrected chi connectivity index (χ3v) is 5.12. The van der Waals surface area contributed by atoms with Gasteiger partial charge in [-0.3, -0.25) is 4.90 Å². The predicted molar refractivity (Wildman–Crippen MR) is 101 cm³/mol. The van der Waals surface area contributed by atoms with Crippen LogP contribution >= 0.6 is 11.3 Å². The molecule has 0 atom stereocenters. The summed E-state index contributed by atoms with van der Waals surface area (Å²) in [6.45, 7) is 5.75. The minimum atomic E-state index is -0.439. The van der Waals surface area contributed by atoms with Crippen molar-refractivity contribution in [3.05, 3.63) is 34.5 Å². The molecule has 2 aromatic heterocycles. The number of thiazole rings is 1. The maximum absolute atomic E-state index is 11.3. The molecule has 1 aliphatic rings. The zero-order valence-corrected chi connectivity index (χ0v) is 16.0. The Bertz CT molecular complexity index is 840. The molecule has 3 rings (SSSR count). The fraction of sp³-hybridized carbons (Fsp3) is 0.412. The maximum atomic E-state index is 11.3. The van der Waals surface area contributed by atoms with Crippen LogP contribution in [0.15, 0.2) is 18.5 Å². The summed E-state index contributed by atoms with van der Waals surface area (Å²) >= 11 is 1.30. The number of aromatic nitrogens is 2. The fourth-order valence-corrected chi connectivity index (χ4v) is 3.35. The molecule has 27 heavy (non-hydrogen) atoms. The maximum Gasteiger partial charge on any atom is 0.426 e. The highest BCUT2D eigenvalue weighted by Crippen LogP contribution is 2.25. The molecule has 0 bridgehead atoms. The first-order valence-electron chi connectivity index (χ1n) is 8.53. The normalized spacial score (nSPS) is 15.1. The molecule has 10 heteroatoms. The van der Waals surface area contributed by atoms with Crippen molar-refractivity contribution in [3.8, 4) is 6.07 Å². The lowest BCUT2D eigenvalue weighted by Gasteiger charge is -2.33. The van der Waals surface area contributed by atoms with E-state index in [0.29, 0.717) is 23.1 Å². The van der Waals surface area contributed by atoms with Gasteiger partial charge >= 0.3 is 6.09 Å². The number of nitrogens with zero attached hydrogens (tertiary/aromatic N) is 5. The molecule has 1 aliphatic heterocycles. The minimum Gasteiger partial charge on any atom is -0.351 e. The van der Waals surface area contributed by atoms with Crippen LogP contribution < -0.4 is 10.6 Å². The molecule has 0 aromatic carbocycles. The van der Waals surface area contributed by atoms with E-state index in [2.05, 4.69) is 31.6 Å². The smallest absolute Gasteiger partial charge is 0.351 e. The average Bonchev–Trinajstić information content (AvgIpc) is 3.14. The van der Waals surface area contributed by atoms with E-state index in [-0.39, 0.29) is 0 Å². The number of hydrogen-bond acceptors (Lipinski definition) is 9. The second kappa shape index (κ2) is 8.77. The molecule has 1 saturated heterocycles. The number of hydroxylamine groups is 2. The van der Waals surface area contributed by atoms with E-state index in [4.69, 9.17) is 10.1 Å². The number of amides is 1. The second-order valence-corrected chi connectivity index (χ2v) is 7.07. The Morgan fingerprint density at radius 1 is 1.37 bits per heavy atom. The van der Waals surface area contributed by atoms with Gasteiger partial charge in [0.25, 0.3) is 0 Å². The molecule has 3 heterocycles. The fourth-order valence-electron chi connectivity index (χ4n) is 2.74. The van der Waals surface area contributed by atoms with Crippen molar-refractivity contribution in [1.82, 2.24) is 25.2 Å². The molecule has 2 aromatic rings. The molecular weight excluding hydrogens is 366 g/mol. The van der Waals surface area contributed by atoms with Crippen molar-refractivity contribution >= 4 is 28.4 Å².